The Morgan fingerprint density at radius 3 is 2.33 bits per heavy atom. The van der Waals surface area contributed by atoms with E-state index in [4.69, 9.17) is 5.26 Å². The summed E-state index contributed by atoms with van der Waals surface area (Å²) in [5.74, 6) is 0.777. The van der Waals surface area contributed by atoms with Gasteiger partial charge in [-0.1, -0.05) is 39.5 Å². The number of hydrogen-bond donors (Lipinski definition) is 0. The zero-order valence-corrected chi connectivity index (χ0v) is 10.2. The predicted molar refractivity (Wildman–Crippen MR) is 63.5 cm³/mol. The van der Waals surface area contributed by atoms with Crippen molar-refractivity contribution in [2.24, 2.45) is 5.92 Å². The van der Waals surface area contributed by atoms with Gasteiger partial charge in [-0.2, -0.15) is 5.26 Å². The third kappa shape index (κ3) is 3.83. The quantitative estimate of drug-likeness (QED) is 0.627. The van der Waals surface area contributed by atoms with Gasteiger partial charge >= 0.3 is 0 Å². The molecule has 2 nitrogen and oxygen atoms in total. The van der Waals surface area contributed by atoms with E-state index < -0.39 is 0 Å². The van der Waals surface area contributed by atoms with E-state index in [9.17, 15) is 0 Å². The summed E-state index contributed by atoms with van der Waals surface area (Å²) in [6, 6.07) is 3.02. The molecule has 0 amide bonds. The maximum absolute atomic E-state index is 8.86. The monoisotopic (exact) mass is 208 g/mol. The van der Waals surface area contributed by atoms with Crippen LogP contribution in [0.4, 0.5) is 0 Å². The molecule has 0 radical (unpaired) electrons. The van der Waals surface area contributed by atoms with Crippen LogP contribution in [0.25, 0.3) is 0 Å². The van der Waals surface area contributed by atoms with Crippen LogP contribution in [0.1, 0.15) is 52.4 Å². The van der Waals surface area contributed by atoms with Crippen LogP contribution in [0, 0.1) is 17.2 Å². The summed E-state index contributed by atoms with van der Waals surface area (Å²) >= 11 is 0. The zero-order valence-electron chi connectivity index (χ0n) is 10.2. The molecule has 2 heteroatoms. The minimum atomic E-state index is 0.626. The Labute approximate surface area is 94.3 Å². The first-order valence-electron chi connectivity index (χ1n) is 6.42. The van der Waals surface area contributed by atoms with Crippen LogP contribution in [0.15, 0.2) is 0 Å². The highest BCUT2D eigenvalue weighted by atomic mass is 15.2. The second kappa shape index (κ2) is 6.85. The van der Waals surface area contributed by atoms with Gasteiger partial charge < -0.3 is 0 Å². The topological polar surface area (TPSA) is 27.0 Å². The molecule has 0 aromatic rings. The van der Waals surface area contributed by atoms with Crippen molar-refractivity contribution in [3.63, 3.8) is 0 Å². The summed E-state index contributed by atoms with van der Waals surface area (Å²) in [4.78, 5) is 2.42. The van der Waals surface area contributed by atoms with Crippen molar-refractivity contribution in [3.8, 4) is 6.07 Å². The number of rotatable bonds is 6. The van der Waals surface area contributed by atoms with Crippen LogP contribution >= 0.6 is 0 Å². The predicted octanol–water partition coefficient (Wildman–Crippen LogP) is 3.19. The van der Waals surface area contributed by atoms with Crippen molar-refractivity contribution in [1.29, 1.82) is 5.26 Å². The molecule has 0 aromatic carbocycles. The molecule has 0 aromatic heterocycles. The molecule has 1 fully saturated rings. The smallest absolute Gasteiger partial charge is 0.0868 e. The Morgan fingerprint density at radius 1 is 1.27 bits per heavy atom. The van der Waals surface area contributed by atoms with Gasteiger partial charge in [0.1, 0.15) is 0 Å². The van der Waals surface area contributed by atoms with Gasteiger partial charge in [0.25, 0.3) is 0 Å². The first-order chi connectivity index (χ1) is 7.31. The van der Waals surface area contributed by atoms with Crippen LogP contribution in [-0.2, 0) is 0 Å². The van der Waals surface area contributed by atoms with Crippen molar-refractivity contribution in [1.82, 2.24) is 4.90 Å². The van der Waals surface area contributed by atoms with Crippen LogP contribution in [0.3, 0.4) is 0 Å². The van der Waals surface area contributed by atoms with Gasteiger partial charge in [0.2, 0.25) is 0 Å². The SMILES string of the molecule is CCC(CC)CN(CC#N)C1CCCC1. The summed E-state index contributed by atoms with van der Waals surface area (Å²) < 4.78 is 0. The largest absolute Gasteiger partial charge is 0.287 e. The summed E-state index contributed by atoms with van der Waals surface area (Å²) in [5.41, 5.74) is 0. The molecule has 15 heavy (non-hydrogen) atoms. The minimum Gasteiger partial charge on any atom is -0.287 e. The van der Waals surface area contributed by atoms with Gasteiger partial charge in [0.05, 0.1) is 12.6 Å². The fraction of sp³-hybridized carbons (Fsp3) is 0.923. The Kier molecular flexibility index (Phi) is 5.71. The Bertz CT molecular complexity index is 197. The summed E-state index contributed by atoms with van der Waals surface area (Å²) in [6.45, 7) is 6.27. The van der Waals surface area contributed by atoms with E-state index >= 15 is 0 Å². The fourth-order valence-corrected chi connectivity index (χ4v) is 2.58. The minimum absolute atomic E-state index is 0.626. The fourth-order valence-electron chi connectivity index (χ4n) is 2.58. The lowest BCUT2D eigenvalue weighted by Gasteiger charge is -2.29. The van der Waals surface area contributed by atoms with E-state index in [0.717, 1.165) is 12.5 Å². The molecule has 0 bridgehead atoms. The molecule has 1 aliphatic carbocycles. The highest BCUT2D eigenvalue weighted by molar-refractivity contribution is 4.85. The van der Waals surface area contributed by atoms with E-state index in [2.05, 4.69) is 24.8 Å². The van der Waals surface area contributed by atoms with Crippen molar-refractivity contribution >= 4 is 0 Å². The molecule has 0 unspecified atom stereocenters. The highest BCUT2D eigenvalue weighted by Crippen LogP contribution is 2.24. The van der Waals surface area contributed by atoms with Crippen LogP contribution in [-0.4, -0.2) is 24.0 Å². The summed E-state index contributed by atoms with van der Waals surface area (Å²) in [7, 11) is 0. The standard InChI is InChI=1S/C13H24N2/c1-3-12(4-2)11-15(10-9-14)13-7-5-6-8-13/h12-13H,3-8,10-11H2,1-2H3. The lowest BCUT2D eigenvalue weighted by atomic mass is 10.0. The molecular formula is C13H24N2. The maximum Gasteiger partial charge on any atom is 0.0868 e. The van der Waals surface area contributed by atoms with Gasteiger partial charge in [-0.05, 0) is 18.8 Å². The lowest BCUT2D eigenvalue weighted by molar-refractivity contribution is 0.183. The van der Waals surface area contributed by atoms with Gasteiger partial charge in [0.15, 0.2) is 0 Å². The van der Waals surface area contributed by atoms with E-state index in [1.165, 1.54) is 38.5 Å². The molecule has 0 N–H and O–H groups in total. The molecule has 0 aliphatic heterocycles. The molecule has 0 saturated heterocycles. The molecule has 1 rings (SSSR count). The first kappa shape index (κ1) is 12.5. The number of nitriles is 1. The molecule has 0 heterocycles. The molecule has 1 aliphatic rings. The first-order valence-corrected chi connectivity index (χ1v) is 6.42. The zero-order chi connectivity index (χ0) is 11.1. The number of hydrogen-bond acceptors (Lipinski definition) is 2. The van der Waals surface area contributed by atoms with E-state index in [-0.39, 0.29) is 0 Å². The normalized spacial score (nSPS) is 17.5. The Morgan fingerprint density at radius 2 is 1.87 bits per heavy atom. The average Bonchev–Trinajstić information content (AvgIpc) is 2.77. The third-order valence-electron chi connectivity index (χ3n) is 3.76. The maximum atomic E-state index is 8.86. The lowest BCUT2D eigenvalue weighted by Crippen LogP contribution is -2.37. The van der Waals surface area contributed by atoms with Gasteiger partial charge in [-0.15, -0.1) is 0 Å². The van der Waals surface area contributed by atoms with E-state index in [1.807, 2.05) is 0 Å². The van der Waals surface area contributed by atoms with Crippen molar-refractivity contribution in [2.45, 2.75) is 58.4 Å². The molecule has 0 spiro atoms. The van der Waals surface area contributed by atoms with Gasteiger partial charge in [-0.3, -0.25) is 4.90 Å². The van der Waals surface area contributed by atoms with Crippen molar-refractivity contribution in [2.75, 3.05) is 13.1 Å². The van der Waals surface area contributed by atoms with E-state index in [1.54, 1.807) is 0 Å². The van der Waals surface area contributed by atoms with Crippen molar-refractivity contribution < 1.29 is 0 Å². The van der Waals surface area contributed by atoms with Crippen LogP contribution < -0.4 is 0 Å². The summed E-state index contributed by atoms with van der Waals surface area (Å²) in [6.07, 6.45) is 7.81. The Hall–Kier alpha value is -0.550. The van der Waals surface area contributed by atoms with E-state index in [0.29, 0.717) is 12.6 Å². The molecule has 86 valence electrons. The molecule has 0 atom stereocenters. The second-order valence-corrected chi connectivity index (χ2v) is 4.71. The number of nitrogens with zero attached hydrogens (tertiary/aromatic N) is 2. The summed E-state index contributed by atoms with van der Waals surface area (Å²) in [5, 5.41) is 8.86. The van der Waals surface area contributed by atoms with Crippen LogP contribution in [0.5, 0.6) is 0 Å². The third-order valence-corrected chi connectivity index (χ3v) is 3.76. The van der Waals surface area contributed by atoms with Gasteiger partial charge in [0, 0.05) is 12.6 Å². The Balaban J connectivity index is 2.45. The molecule has 1 saturated carbocycles. The second-order valence-electron chi connectivity index (χ2n) is 4.71. The van der Waals surface area contributed by atoms with Crippen molar-refractivity contribution in [3.05, 3.63) is 0 Å². The van der Waals surface area contributed by atoms with Gasteiger partial charge in [-0.25, -0.2) is 0 Å². The van der Waals surface area contributed by atoms with Crippen LogP contribution in [0.2, 0.25) is 0 Å². The average molecular weight is 208 g/mol. The molecular weight excluding hydrogens is 184 g/mol. The highest BCUT2D eigenvalue weighted by Gasteiger charge is 2.23.